The monoisotopic (exact) mass is 327 g/mol. The number of amides is 2. The number of nitrogens with zero attached hydrogens (tertiary/aromatic N) is 1. The van der Waals surface area contributed by atoms with E-state index in [1.54, 1.807) is 12.1 Å². The minimum atomic E-state index is -0.658. The summed E-state index contributed by atoms with van der Waals surface area (Å²) in [6.07, 6.45) is 0. The summed E-state index contributed by atoms with van der Waals surface area (Å²) in [5.41, 5.74) is 1.65. The van der Waals surface area contributed by atoms with E-state index in [9.17, 15) is 9.59 Å². The maximum absolute atomic E-state index is 11.6. The number of benzene rings is 1. The summed E-state index contributed by atoms with van der Waals surface area (Å²) in [6.45, 7) is 3.08. The topological polar surface area (TPSA) is 61.4 Å². The van der Waals surface area contributed by atoms with Gasteiger partial charge in [0.15, 0.2) is 0 Å². The number of rotatable bonds is 4. The summed E-state index contributed by atoms with van der Waals surface area (Å²) in [4.78, 5) is 25.1. The van der Waals surface area contributed by atoms with Crippen LogP contribution in [0, 0.1) is 6.92 Å². The highest BCUT2D eigenvalue weighted by molar-refractivity contribution is 9.10. The quantitative estimate of drug-likeness (QED) is 0.821. The lowest BCUT2D eigenvalue weighted by molar-refractivity contribution is -0.136. The average Bonchev–Trinajstić information content (AvgIpc) is 2.33. The lowest BCUT2D eigenvalue weighted by Crippen LogP contribution is -2.38. The first-order valence-electron chi connectivity index (χ1n) is 5.90. The van der Waals surface area contributed by atoms with E-state index < -0.39 is 11.8 Å². The van der Waals surface area contributed by atoms with Gasteiger partial charge in [-0.2, -0.15) is 0 Å². The van der Waals surface area contributed by atoms with E-state index >= 15 is 0 Å². The first-order chi connectivity index (χ1) is 8.90. The van der Waals surface area contributed by atoms with Crippen molar-refractivity contribution in [3.63, 3.8) is 0 Å². The SMILES string of the molecule is Cc1ccc(NC(=O)C(=O)NCCN(C)C)cc1Br. The Bertz CT molecular complexity index is 475. The summed E-state index contributed by atoms with van der Waals surface area (Å²) < 4.78 is 0.887. The van der Waals surface area contributed by atoms with Gasteiger partial charge in [-0.15, -0.1) is 0 Å². The highest BCUT2D eigenvalue weighted by Crippen LogP contribution is 2.20. The van der Waals surface area contributed by atoms with Crippen molar-refractivity contribution in [1.29, 1.82) is 0 Å². The van der Waals surface area contributed by atoms with Crippen LogP contribution in [0.1, 0.15) is 5.56 Å². The molecule has 0 spiro atoms. The maximum Gasteiger partial charge on any atom is 0.313 e. The van der Waals surface area contributed by atoms with Crippen molar-refractivity contribution in [2.45, 2.75) is 6.92 Å². The number of carbonyl (C=O) groups is 2. The van der Waals surface area contributed by atoms with Gasteiger partial charge in [-0.05, 0) is 38.7 Å². The molecular weight excluding hydrogens is 310 g/mol. The van der Waals surface area contributed by atoms with Crippen molar-refractivity contribution < 1.29 is 9.59 Å². The van der Waals surface area contributed by atoms with Gasteiger partial charge in [0.05, 0.1) is 0 Å². The highest BCUT2D eigenvalue weighted by Gasteiger charge is 2.13. The first kappa shape index (κ1) is 15.7. The lowest BCUT2D eigenvalue weighted by Gasteiger charge is -2.10. The summed E-state index contributed by atoms with van der Waals surface area (Å²) in [6, 6.07) is 5.38. The molecule has 0 fully saturated rings. The number of carbonyl (C=O) groups excluding carboxylic acids is 2. The number of anilines is 1. The van der Waals surface area contributed by atoms with Crippen LogP contribution < -0.4 is 10.6 Å². The Labute approximate surface area is 121 Å². The van der Waals surface area contributed by atoms with Gasteiger partial charge in [0.25, 0.3) is 0 Å². The Hall–Kier alpha value is -1.40. The van der Waals surface area contributed by atoms with Crippen LogP contribution in [0.15, 0.2) is 22.7 Å². The molecule has 0 aliphatic carbocycles. The maximum atomic E-state index is 11.6. The summed E-state index contributed by atoms with van der Waals surface area (Å²) >= 11 is 3.37. The van der Waals surface area contributed by atoms with Crippen LogP contribution in [0.5, 0.6) is 0 Å². The molecule has 1 aromatic carbocycles. The predicted octanol–water partition coefficient (Wildman–Crippen LogP) is 1.37. The van der Waals surface area contributed by atoms with Crippen molar-refractivity contribution in [2.24, 2.45) is 0 Å². The van der Waals surface area contributed by atoms with Crippen LogP contribution in [0.3, 0.4) is 0 Å². The Kier molecular flexibility index (Phi) is 5.98. The molecule has 0 radical (unpaired) electrons. The zero-order valence-electron chi connectivity index (χ0n) is 11.3. The van der Waals surface area contributed by atoms with Gasteiger partial charge in [-0.1, -0.05) is 22.0 Å². The van der Waals surface area contributed by atoms with Gasteiger partial charge in [-0.25, -0.2) is 0 Å². The smallest absolute Gasteiger partial charge is 0.313 e. The van der Waals surface area contributed by atoms with Gasteiger partial charge in [0.2, 0.25) is 0 Å². The number of nitrogens with one attached hydrogen (secondary N) is 2. The van der Waals surface area contributed by atoms with Crippen LogP contribution in [0.2, 0.25) is 0 Å². The first-order valence-corrected chi connectivity index (χ1v) is 6.69. The molecule has 1 aromatic rings. The van der Waals surface area contributed by atoms with E-state index in [0.717, 1.165) is 10.0 Å². The second kappa shape index (κ2) is 7.25. The molecule has 19 heavy (non-hydrogen) atoms. The van der Waals surface area contributed by atoms with E-state index in [1.165, 1.54) is 0 Å². The van der Waals surface area contributed by atoms with E-state index in [0.29, 0.717) is 18.8 Å². The standard InChI is InChI=1S/C13H18BrN3O2/c1-9-4-5-10(8-11(9)14)16-13(19)12(18)15-6-7-17(2)3/h4-5,8H,6-7H2,1-3H3,(H,15,18)(H,16,19). The van der Waals surface area contributed by atoms with Gasteiger partial charge >= 0.3 is 11.8 Å². The van der Waals surface area contributed by atoms with Gasteiger partial charge < -0.3 is 15.5 Å². The summed E-state index contributed by atoms with van der Waals surface area (Å²) in [5.74, 6) is -1.28. The minimum Gasteiger partial charge on any atom is -0.347 e. The molecule has 0 saturated carbocycles. The van der Waals surface area contributed by atoms with Crippen LogP contribution >= 0.6 is 15.9 Å². The van der Waals surface area contributed by atoms with Crippen LogP contribution in [0.4, 0.5) is 5.69 Å². The van der Waals surface area contributed by atoms with Gasteiger partial charge in [-0.3, -0.25) is 9.59 Å². The Morgan fingerprint density at radius 1 is 1.26 bits per heavy atom. The Balaban J connectivity index is 2.49. The molecular formula is C13H18BrN3O2. The van der Waals surface area contributed by atoms with Crippen LogP contribution in [-0.2, 0) is 9.59 Å². The van der Waals surface area contributed by atoms with Crippen LogP contribution in [-0.4, -0.2) is 43.9 Å². The van der Waals surface area contributed by atoms with E-state index in [2.05, 4.69) is 26.6 Å². The highest BCUT2D eigenvalue weighted by atomic mass is 79.9. The number of hydrogen-bond acceptors (Lipinski definition) is 3. The van der Waals surface area contributed by atoms with Crippen molar-refractivity contribution >= 4 is 33.4 Å². The fourth-order valence-electron chi connectivity index (χ4n) is 1.33. The molecule has 0 saturated heterocycles. The second-order valence-electron chi connectivity index (χ2n) is 4.48. The Morgan fingerprint density at radius 2 is 1.95 bits per heavy atom. The molecule has 104 valence electrons. The number of aryl methyl sites for hydroxylation is 1. The Morgan fingerprint density at radius 3 is 2.53 bits per heavy atom. The van der Waals surface area contributed by atoms with Crippen molar-refractivity contribution in [2.75, 3.05) is 32.5 Å². The molecule has 0 unspecified atom stereocenters. The lowest BCUT2D eigenvalue weighted by atomic mass is 10.2. The normalized spacial score (nSPS) is 10.4. The minimum absolute atomic E-state index is 0.441. The van der Waals surface area contributed by atoms with Crippen molar-refractivity contribution in [3.8, 4) is 0 Å². The zero-order chi connectivity index (χ0) is 14.4. The van der Waals surface area contributed by atoms with E-state index in [1.807, 2.05) is 32.0 Å². The zero-order valence-corrected chi connectivity index (χ0v) is 12.9. The van der Waals surface area contributed by atoms with Crippen LogP contribution in [0.25, 0.3) is 0 Å². The molecule has 6 heteroatoms. The number of likely N-dealkylation sites (N-methyl/N-ethyl adjacent to an activating group) is 1. The third-order valence-corrected chi connectivity index (χ3v) is 3.33. The predicted molar refractivity (Wildman–Crippen MR) is 79.1 cm³/mol. The average molecular weight is 328 g/mol. The molecule has 2 N–H and O–H groups in total. The fourth-order valence-corrected chi connectivity index (χ4v) is 1.71. The molecule has 5 nitrogen and oxygen atoms in total. The van der Waals surface area contributed by atoms with E-state index in [4.69, 9.17) is 0 Å². The van der Waals surface area contributed by atoms with E-state index in [-0.39, 0.29) is 0 Å². The summed E-state index contributed by atoms with van der Waals surface area (Å²) in [7, 11) is 3.80. The second-order valence-corrected chi connectivity index (χ2v) is 5.33. The van der Waals surface area contributed by atoms with Crippen molar-refractivity contribution in [1.82, 2.24) is 10.2 Å². The summed E-state index contributed by atoms with van der Waals surface area (Å²) in [5, 5.41) is 5.11. The molecule has 0 atom stereocenters. The van der Waals surface area contributed by atoms with Gasteiger partial charge in [0.1, 0.15) is 0 Å². The fraction of sp³-hybridized carbons (Fsp3) is 0.385. The molecule has 1 rings (SSSR count). The molecule has 0 aliphatic rings. The third kappa shape index (κ3) is 5.40. The molecule has 0 aliphatic heterocycles. The number of halogens is 1. The molecule has 0 heterocycles. The van der Waals surface area contributed by atoms with Gasteiger partial charge in [0, 0.05) is 23.2 Å². The molecule has 0 aromatic heterocycles. The van der Waals surface area contributed by atoms with Crippen molar-refractivity contribution in [3.05, 3.63) is 28.2 Å². The third-order valence-electron chi connectivity index (χ3n) is 2.48. The largest absolute Gasteiger partial charge is 0.347 e. The number of hydrogen-bond donors (Lipinski definition) is 2. The molecule has 2 amide bonds. The molecule has 0 bridgehead atoms.